The number of hydrogen-bond acceptors (Lipinski definition) is 12. The van der Waals surface area contributed by atoms with Gasteiger partial charge in [-0.1, -0.05) is 17.9 Å². The zero-order valence-electron chi connectivity index (χ0n) is 25.4. The van der Waals surface area contributed by atoms with E-state index in [-0.39, 0.29) is 68.7 Å². The van der Waals surface area contributed by atoms with Crippen LogP contribution in [0, 0.1) is 17.0 Å². The largest absolute Gasteiger partial charge is 0.463 e. The molecule has 12 nitrogen and oxygen atoms in total. The van der Waals surface area contributed by atoms with E-state index in [1.54, 1.807) is 4.90 Å². The van der Waals surface area contributed by atoms with Gasteiger partial charge in [0.05, 0.1) is 54.7 Å². The van der Waals surface area contributed by atoms with Crippen molar-refractivity contribution in [3.63, 3.8) is 0 Å². The molecule has 1 amide bonds. The molecule has 0 radical (unpaired) electrons. The predicted molar refractivity (Wildman–Crippen MR) is 170 cm³/mol. The number of rotatable bonds is 9. The first-order valence-electron chi connectivity index (χ1n) is 15.3. The molecule has 1 aromatic carbocycles. The van der Waals surface area contributed by atoms with E-state index in [4.69, 9.17) is 24.9 Å². The SMILES string of the molecule is C=C(F)C(=O)N[C@@H]1COCCN(c2nc(OCC3(CN4CCOCC4)CC3)nc3c(F)c(-c4ccc(F)c5sc(N)nc45)ncc23)C1. The zero-order chi connectivity index (χ0) is 32.7. The van der Waals surface area contributed by atoms with Crippen molar-refractivity contribution < 1.29 is 32.2 Å². The van der Waals surface area contributed by atoms with Gasteiger partial charge in [0.1, 0.15) is 22.8 Å². The van der Waals surface area contributed by atoms with E-state index in [9.17, 15) is 13.6 Å². The maximum atomic E-state index is 16.6. The smallest absolute Gasteiger partial charge is 0.319 e. The molecule has 2 aliphatic heterocycles. The highest BCUT2D eigenvalue weighted by Crippen LogP contribution is 2.47. The third-order valence-electron chi connectivity index (χ3n) is 8.68. The summed E-state index contributed by atoms with van der Waals surface area (Å²) >= 11 is 0.964. The van der Waals surface area contributed by atoms with Crippen LogP contribution in [-0.4, -0.2) is 103 Å². The number of anilines is 2. The van der Waals surface area contributed by atoms with Gasteiger partial charge in [0.2, 0.25) is 0 Å². The van der Waals surface area contributed by atoms with Gasteiger partial charge in [-0.05, 0) is 25.0 Å². The summed E-state index contributed by atoms with van der Waals surface area (Å²) in [5.41, 5.74) is 6.12. The van der Waals surface area contributed by atoms with Crippen LogP contribution in [0.25, 0.3) is 32.4 Å². The molecule has 2 saturated heterocycles. The van der Waals surface area contributed by atoms with Crippen LogP contribution >= 0.6 is 11.3 Å². The molecule has 5 heterocycles. The first-order chi connectivity index (χ1) is 22.7. The Bertz CT molecular complexity index is 1850. The van der Waals surface area contributed by atoms with Crippen LogP contribution in [0.2, 0.25) is 0 Å². The average Bonchev–Trinajstić information content (AvgIpc) is 3.77. The Kier molecular flexibility index (Phi) is 8.59. The maximum Gasteiger partial charge on any atom is 0.319 e. The fraction of sp³-hybridized carbons (Fsp3) is 0.452. The van der Waals surface area contributed by atoms with Crippen molar-refractivity contribution in [2.24, 2.45) is 5.41 Å². The topological polar surface area (TPSA) is 141 Å². The van der Waals surface area contributed by atoms with Gasteiger partial charge in [0, 0.05) is 49.9 Å². The summed E-state index contributed by atoms with van der Waals surface area (Å²) in [6.07, 6.45) is 3.41. The van der Waals surface area contributed by atoms with Gasteiger partial charge in [0.25, 0.3) is 5.91 Å². The third kappa shape index (κ3) is 6.54. The number of halogens is 3. The van der Waals surface area contributed by atoms with Gasteiger partial charge in [-0.15, -0.1) is 0 Å². The van der Waals surface area contributed by atoms with Crippen LogP contribution in [0.15, 0.2) is 30.7 Å². The number of nitrogen functional groups attached to an aromatic ring is 1. The van der Waals surface area contributed by atoms with Crippen molar-refractivity contribution in [1.29, 1.82) is 0 Å². The lowest BCUT2D eigenvalue weighted by Gasteiger charge is -2.30. The number of nitrogens with two attached hydrogens (primary N) is 1. The number of carbonyl (C=O) groups excluding carboxylic acids is 1. The molecule has 7 rings (SSSR count). The lowest BCUT2D eigenvalue weighted by molar-refractivity contribution is -0.119. The molecule has 47 heavy (non-hydrogen) atoms. The highest BCUT2D eigenvalue weighted by atomic mass is 32.1. The molecule has 1 aliphatic carbocycles. The molecule has 3 aliphatic rings. The molecule has 1 atom stereocenters. The molecule has 0 spiro atoms. The fourth-order valence-corrected chi connectivity index (χ4v) is 6.79. The summed E-state index contributed by atoms with van der Waals surface area (Å²) in [6, 6.07) is 1.99. The second kappa shape index (κ2) is 12.8. The van der Waals surface area contributed by atoms with E-state index in [0.717, 1.165) is 43.8 Å². The molecule has 3 aromatic heterocycles. The maximum absolute atomic E-state index is 16.6. The standard InChI is InChI=1S/C31H33F3N8O4S/c1-17(32)28(43)37-18-13-42(8-11-45-14-18)27-20-12-36-23(19-2-3-21(33)26-25(19)38-29(35)47-26)22(34)24(20)39-30(40-27)46-16-31(4-5-31)15-41-6-9-44-10-7-41/h2-3,12,18H,1,4-11,13-16H2,(H2,35,38)(H,37,43)/t18-/m0/s1. The highest BCUT2D eigenvalue weighted by molar-refractivity contribution is 7.22. The minimum Gasteiger partial charge on any atom is -0.463 e. The van der Waals surface area contributed by atoms with Crippen LogP contribution in [-0.2, 0) is 14.3 Å². The lowest BCUT2D eigenvalue weighted by atomic mass is 10.1. The number of nitrogens with one attached hydrogen (secondary N) is 1. The van der Waals surface area contributed by atoms with Crippen LogP contribution in [0.3, 0.4) is 0 Å². The van der Waals surface area contributed by atoms with Crippen molar-refractivity contribution in [3.8, 4) is 17.3 Å². The number of morpholine rings is 1. The third-order valence-corrected chi connectivity index (χ3v) is 9.58. The molecule has 4 aromatic rings. The van der Waals surface area contributed by atoms with Crippen molar-refractivity contribution >= 4 is 49.3 Å². The minimum atomic E-state index is -1.12. The van der Waals surface area contributed by atoms with E-state index >= 15 is 4.39 Å². The fourth-order valence-electron chi connectivity index (χ4n) is 6.03. The zero-order valence-corrected chi connectivity index (χ0v) is 26.3. The van der Waals surface area contributed by atoms with Gasteiger partial charge < -0.3 is 30.2 Å². The number of benzene rings is 1. The quantitative estimate of drug-likeness (QED) is 0.253. The number of carbonyl (C=O) groups is 1. The molecule has 248 valence electrons. The first-order valence-corrected chi connectivity index (χ1v) is 16.1. The van der Waals surface area contributed by atoms with E-state index in [2.05, 4.69) is 31.7 Å². The molecule has 16 heteroatoms. The first kappa shape index (κ1) is 31.5. The normalized spacial score (nSPS) is 19.9. The van der Waals surface area contributed by atoms with Crippen molar-refractivity contribution in [1.82, 2.24) is 30.2 Å². The van der Waals surface area contributed by atoms with Crippen LogP contribution in [0.1, 0.15) is 12.8 Å². The number of nitrogens with zero attached hydrogens (tertiary/aromatic N) is 6. The Morgan fingerprint density at radius 2 is 1.91 bits per heavy atom. The van der Waals surface area contributed by atoms with Crippen LogP contribution < -0.4 is 20.7 Å². The Morgan fingerprint density at radius 1 is 1.13 bits per heavy atom. The summed E-state index contributed by atoms with van der Waals surface area (Å²) < 4.78 is 62.3. The van der Waals surface area contributed by atoms with E-state index in [1.807, 2.05) is 0 Å². The molecule has 1 saturated carbocycles. The Labute approximate surface area is 271 Å². The van der Waals surface area contributed by atoms with Gasteiger partial charge in [0.15, 0.2) is 16.8 Å². The number of aromatic nitrogens is 4. The number of fused-ring (bicyclic) bond motifs is 2. The Hall–Kier alpha value is -4.12. The number of ether oxygens (including phenoxy) is 3. The summed E-state index contributed by atoms with van der Waals surface area (Å²) in [4.78, 5) is 34.1. The monoisotopic (exact) mass is 670 g/mol. The van der Waals surface area contributed by atoms with Gasteiger partial charge in [-0.3, -0.25) is 14.7 Å². The van der Waals surface area contributed by atoms with E-state index in [1.165, 1.54) is 18.3 Å². The average molecular weight is 671 g/mol. The predicted octanol–water partition coefficient (Wildman–Crippen LogP) is 3.46. The van der Waals surface area contributed by atoms with Gasteiger partial charge in [-0.25, -0.2) is 18.2 Å². The lowest BCUT2D eigenvalue weighted by Crippen LogP contribution is -2.45. The Balaban J connectivity index is 1.27. The van der Waals surface area contributed by atoms with Crippen LogP contribution in [0.5, 0.6) is 6.01 Å². The van der Waals surface area contributed by atoms with E-state index in [0.29, 0.717) is 32.2 Å². The van der Waals surface area contributed by atoms with Crippen molar-refractivity contribution in [2.75, 3.05) is 76.4 Å². The van der Waals surface area contributed by atoms with Gasteiger partial charge in [-0.2, -0.15) is 9.97 Å². The number of thiazole rings is 1. The molecular weight excluding hydrogens is 637 g/mol. The van der Waals surface area contributed by atoms with Crippen LogP contribution in [0.4, 0.5) is 24.1 Å². The van der Waals surface area contributed by atoms with Crippen molar-refractivity contribution in [3.05, 3.63) is 42.4 Å². The summed E-state index contributed by atoms with van der Waals surface area (Å²) in [5.74, 6) is -3.04. The van der Waals surface area contributed by atoms with Gasteiger partial charge >= 0.3 is 6.01 Å². The molecule has 3 fully saturated rings. The van der Waals surface area contributed by atoms with E-state index < -0.39 is 29.4 Å². The molecular formula is C31H33F3N8O4S. The summed E-state index contributed by atoms with van der Waals surface area (Å²) in [6.45, 7) is 8.23. The molecule has 0 bridgehead atoms. The summed E-state index contributed by atoms with van der Waals surface area (Å²) in [7, 11) is 0. The number of pyridine rings is 1. The summed E-state index contributed by atoms with van der Waals surface area (Å²) in [5, 5.41) is 3.00. The second-order valence-electron chi connectivity index (χ2n) is 12.1. The molecule has 3 N–H and O–H groups in total. The second-order valence-corrected chi connectivity index (χ2v) is 13.1. The number of hydrogen-bond donors (Lipinski definition) is 2. The number of amides is 1. The Morgan fingerprint density at radius 3 is 2.68 bits per heavy atom. The minimum absolute atomic E-state index is 0.0261. The van der Waals surface area contributed by atoms with Crippen molar-refractivity contribution in [2.45, 2.75) is 18.9 Å². The highest BCUT2D eigenvalue weighted by Gasteiger charge is 2.45. The molecule has 0 unspecified atom stereocenters.